The summed E-state index contributed by atoms with van der Waals surface area (Å²) in [5, 5.41) is 14.6. The molecule has 0 aromatic carbocycles. The highest BCUT2D eigenvalue weighted by molar-refractivity contribution is 6.36. The van der Waals surface area contributed by atoms with Crippen molar-refractivity contribution in [2.75, 3.05) is 19.6 Å². The van der Waals surface area contributed by atoms with Crippen LogP contribution in [-0.4, -0.2) is 41.8 Å². The zero-order chi connectivity index (χ0) is 16.5. The molecule has 0 bridgehead atoms. The van der Waals surface area contributed by atoms with Crippen LogP contribution in [0.4, 0.5) is 11.5 Å². The van der Waals surface area contributed by atoms with Gasteiger partial charge in [0.1, 0.15) is 5.71 Å². The quantitative estimate of drug-likeness (QED) is 0.339. The van der Waals surface area contributed by atoms with Gasteiger partial charge in [0.05, 0.1) is 25.6 Å². The lowest BCUT2D eigenvalue weighted by Gasteiger charge is -2.05. The first-order valence-electron chi connectivity index (χ1n) is 6.06. The second-order valence-corrected chi connectivity index (χ2v) is 3.87. The van der Waals surface area contributed by atoms with E-state index in [4.69, 9.17) is 0 Å². The number of hydrogen-bond acceptors (Lipinski definition) is 9. The van der Waals surface area contributed by atoms with Crippen LogP contribution in [-0.2, 0) is 19.1 Å². The molecule has 1 aromatic rings. The Balaban J connectivity index is 2.91. The standard InChI is InChI=1S/C12H14N4O6/c1-21-10(17)6-5-8(12(18)22-2)14-15-11-9(16(19)20)4-3-7-13-11/h3-4,7H,5-6H2,1-2H3,(H,13,15)/b14-8-. The molecule has 1 heterocycles. The van der Waals surface area contributed by atoms with Crippen molar-refractivity contribution in [1.29, 1.82) is 0 Å². The number of ether oxygens (including phenoxy) is 2. The summed E-state index contributed by atoms with van der Waals surface area (Å²) in [6.45, 7) is 0. The number of rotatable bonds is 7. The molecule has 0 aliphatic rings. The minimum absolute atomic E-state index is 0.0486. The number of aromatic nitrogens is 1. The van der Waals surface area contributed by atoms with Crippen molar-refractivity contribution in [3.8, 4) is 0 Å². The fourth-order valence-electron chi connectivity index (χ4n) is 1.39. The second kappa shape index (κ2) is 8.29. The maximum atomic E-state index is 11.6. The molecule has 0 saturated carbocycles. The van der Waals surface area contributed by atoms with Gasteiger partial charge in [-0.05, 0) is 6.07 Å². The van der Waals surface area contributed by atoms with Gasteiger partial charge in [-0.3, -0.25) is 20.3 Å². The largest absolute Gasteiger partial charge is 0.469 e. The third-order valence-corrected chi connectivity index (χ3v) is 2.49. The number of hydrazone groups is 1. The number of anilines is 1. The Labute approximate surface area is 125 Å². The van der Waals surface area contributed by atoms with Crippen molar-refractivity contribution in [2.45, 2.75) is 12.8 Å². The number of pyridine rings is 1. The maximum Gasteiger partial charge on any atom is 0.354 e. The van der Waals surface area contributed by atoms with Crippen LogP contribution in [0.15, 0.2) is 23.4 Å². The number of methoxy groups -OCH3 is 2. The van der Waals surface area contributed by atoms with Crippen LogP contribution in [0.25, 0.3) is 0 Å². The maximum absolute atomic E-state index is 11.6. The predicted octanol–water partition coefficient (Wildman–Crippen LogP) is 0.884. The summed E-state index contributed by atoms with van der Waals surface area (Å²) in [7, 11) is 2.37. The molecule has 0 fully saturated rings. The monoisotopic (exact) mass is 310 g/mol. The first kappa shape index (κ1) is 17.0. The minimum Gasteiger partial charge on any atom is -0.469 e. The second-order valence-electron chi connectivity index (χ2n) is 3.87. The van der Waals surface area contributed by atoms with Crippen molar-refractivity contribution < 1.29 is 24.0 Å². The molecule has 0 radical (unpaired) electrons. The van der Waals surface area contributed by atoms with Crippen LogP contribution in [0.5, 0.6) is 0 Å². The van der Waals surface area contributed by atoms with Crippen LogP contribution in [0, 0.1) is 10.1 Å². The van der Waals surface area contributed by atoms with Gasteiger partial charge in [-0.2, -0.15) is 5.10 Å². The Morgan fingerprint density at radius 1 is 1.36 bits per heavy atom. The van der Waals surface area contributed by atoms with Gasteiger partial charge in [-0.1, -0.05) is 0 Å². The van der Waals surface area contributed by atoms with Crippen molar-refractivity contribution in [1.82, 2.24) is 4.98 Å². The summed E-state index contributed by atoms with van der Waals surface area (Å²) >= 11 is 0. The van der Waals surface area contributed by atoms with Gasteiger partial charge in [0.15, 0.2) is 0 Å². The number of nitrogens with zero attached hydrogens (tertiary/aromatic N) is 3. The van der Waals surface area contributed by atoms with Gasteiger partial charge in [0.25, 0.3) is 0 Å². The molecule has 1 N–H and O–H groups in total. The Hall–Kier alpha value is -3.04. The lowest BCUT2D eigenvalue weighted by molar-refractivity contribution is -0.384. The van der Waals surface area contributed by atoms with Crippen LogP contribution in [0.3, 0.4) is 0 Å². The molecule has 0 saturated heterocycles. The summed E-state index contributed by atoms with van der Waals surface area (Å²) in [5.41, 5.74) is 1.91. The fourth-order valence-corrected chi connectivity index (χ4v) is 1.39. The van der Waals surface area contributed by atoms with Crippen molar-refractivity contribution in [3.05, 3.63) is 28.4 Å². The SMILES string of the molecule is COC(=O)CC/C(=N/Nc1ncccc1[N+](=O)[O-])C(=O)OC. The van der Waals surface area contributed by atoms with Crippen LogP contribution >= 0.6 is 0 Å². The highest BCUT2D eigenvalue weighted by atomic mass is 16.6. The van der Waals surface area contributed by atoms with Crippen molar-refractivity contribution in [2.24, 2.45) is 5.10 Å². The third-order valence-electron chi connectivity index (χ3n) is 2.49. The molecule has 0 spiro atoms. The van der Waals surface area contributed by atoms with E-state index >= 15 is 0 Å². The van der Waals surface area contributed by atoms with Gasteiger partial charge in [-0.25, -0.2) is 9.78 Å². The van der Waals surface area contributed by atoms with Gasteiger partial charge >= 0.3 is 17.6 Å². The number of esters is 2. The minimum atomic E-state index is -0.769. The average Bonchev–Trinajstić information content (AvgIpc) is 2.54. The van der Waals surface area contributed by atoms with Gasteiger partial charge in [0, 0.05) is 18.7 Å². The van der Waals surface area contributed by atoms with Crippen LogP contribution in [0.2, 0.25) is 0 Å². The molecule has 10 heteroatoms. The van der Waals surface area contributed by atoms with E-state index in [0.717, 1.165) is 7.11 Å². The van der Waals surface area contributed by atoms with E-state index in [2.05, 4.69) is 25.0 Å². The molecule has 0 atom stereocenters. The van der Waals surface area contributed by atoms with E-state index in [0.29, 0.717) is 0 Å². The molecule has 118 valence electrons. The zero-order valence-corrected chi connectivity index (χ0v) is 11.9. The molecular formula is C12H14N4O6. The van der Waals surface area contributed by atoms with E-state index in [1.54, 1.807) is 0 Å². The number of hydrogen-bond donors (Lipinski definition) is 1. The Bertz CT molecular complexity index is 601. The van der Waals surface area contributed by atoms with Crippen molar-refractivity contribution >= 4 is 29.2 Å². The molecule has 1 rings (SSSR count). The predicted molar refractivity (Wildman–Crippen MR) is 75.2 cm³/mol. The topological polar surface area (TPSA) is 133 Å². The van der Waals surface area contributed by atoms with Crippen LogP contribution in [0.1, 0.15) is 12.8 Å². The molecule has 0 aliphatic heterocycles. The Morgan fingerprint density at radius 3 is 2.68 bits per heavy atom. The smallest absolute Gasteiger partial charge is 0.354 e. The highest BCUT2D eigenvalue weighted by Crippen LogP contribution is 2.20. The summed E-state index contributed by atoms with van der Waals surface area (Å²) < 4.78 is 8.99. The lowest BCUT2D eigenvalue weighted by atomic mass is 10.2. The number of nitrogens with one attached hydrogen (secondary N) is 1. The summed E-state index contributed by atoms with van der Waals surface area (Å²) in [6, 6.07) is 2.63. The van der Waals surface area contributed by atoms with E-state index in [1.807, 2.05) is 0 Å². The third kappa shape index (κ3) is 4.81. The first-order valence-corrected chi connectivity index (χ1v) is 6.06. The summed E-state index contributed by atoms with van der Waals surface area (Å²) in [5.74, 6) is -1.43. The van der Waals surface area contributed by atoms with E-state index in [9.17, 15) is 19.7 Å². The van der Waals surface area contributed by atoms with Crippen molar-refractivity contribution in [3.63, 3.8) is 0 Å². The van der Waals surface area contributed by atoms with Gasteiger partial charge in [-0.15, -0.1) is 0 Å². The lowest BCUT2D eigenvalue weighted by Crippen LogP contribution is -2.19. The van der Waals surface area contributed by atoms with E-state index in [-0.39, 0.29) is 30.1 Å². The van der Waals surface area contributed by atoms with Gasteiger partial charge < -0.3 is 9.47 Å². The Morgan fingerprint density at radius 2 is 2.09 bits per heavy atom. The molecule has 10 nitrogen and oxygen atoms in total. The zero-order valence-electron chi connectivity index (χ0n) is 11.9. The number of carbonyl (C=O) groups is 2. The number of carbonyl (C=O) groups excluding carboxylic acids is 2. The highest BCUT2D eigenvalue weighted by Gasteiger charge is 2.17. The Kier molecular flexibility index (Phi) is 6.41. The molecule has 0 unspecified atom stereocenters. The van der Waals surface area contributed by atoms with E-state index in [1.165, 1.54) is 25.4 Å². The van der Waals surface area contributed by atoms with Crippen LogP contribution < -0.4 is 5.43 Å². The number of nitro groups is 1. The fraction of sp³-hybridized carbons (Fsp3) is 0.333. The molecular weight excluding hydrogens is 296 g/mol. The van der Waals surface area contributed by atoms with Gasteiger partial charge in [0.2, 0.25) is 5.82 Å². The molecule has 22 heavy (non-hydrogen) atoms. The normalized spacial score (nSPS) is 10.7. The average molecular weight is 310 g/mol. The first-order chi connectivity index (χ1) is 10.5. The summed E-state index contributed by atoms with van der Waals surface area (Å²) in [6.07, 6.45) is 1.19. The molecule has 1 aromatic heterocycles. The summed E-state index contributed by atoms with van der Waals surface area (Å²) in [4.78, 5) is 36.6. The van der Waals surface area contributed by atoms with E-state index < -0.39 is 16.9 Å². The molecule has 0 aliphatic carbocycles. The molecule has 0 amide bonds.